The van der Waals surface area contributed by atoms with Gasteiger partial charge >= 0.3 is 0 Å². The van der Waals surface area contributed by atoms with Crippen LogP contribution in [0.25, 0.3) is 0 Å². The Labute approximate surface area is 165 Å². The smallest absolute Gasteiger partial charge is 0.250 e. The first-order chi connectivity index (χ1) is 13.7. The van der Waals surface area contributed by atoms with Crippen molar-refractivity contribution in [3.05, 3.63) is 70.6 Å². The van der Waals surface area contributed by atoms with Gasteiger partial charge < -0.3 is 9.47 Å². The fraction of sp³-hybridized carbons (Fsp3) is 0.455. The fourth-order valence-electron chi connectivity index (χ4n) is 4.51. The van der Waals surface area contributed by atoms with Gasteiger partial charge in [0.25, 0.3) is 5.56 Å². The maximum absolute atomic E-state index is 12.6. The number of nitrogens with zero attached hydrogens (tertiary/aromatic N) is 2. The fourth-order valence-corrected chi connectivity index (χ4v) is 4.51. The van der Waals surface area contributed by atoms with Crippen LogP contribution in [0.1, 0.15) is 30.7 Å². The zero-order valence-corrected chi connectivity index (χ0v) is 16.1. The second kappa shape index (κ2) is 8.71. The molecule has 0 spiro atoms. The van der Waals surface area contributed by atoms with E-state index >= 15 is 0 Å². The van der Waals surface area contributed by atoms with E-state index in [2.05, 4.69) is 41.2 Å². The number of benzene rings is 1. The third kappa shape index (κ3) is 4.18. The lowest BCUT2D eigenvalue weighted by Crippen LogP contribution is -2.46. The van der Waals surface area contributed by atoms with Gasteiger partial charge in [-0.1, -0.05) is 36.4 Å². The normalized spacial score (nSPS) is 23.1. The van der Waals surface area contributed by atoms with Gasteiger partial charge in [0.05, 0.1) is 0 Å². The molecule has 6 heteroatoms. The highest BCUT2D eigenvalue weighted by atomic mass is 16.2. The number of hydrazine groups is 1. The average molecular weight is 380 g/mol. The number of carbonyl (C=O) groups is 1. The van der Waals surface area contributed by atoms with Crippen molar-refractivity contribution in [3.8, 4) is 0 Å². The quantitative estimate of drug-likeness (QED) is 0.829. The predicted molar refractivity (Wildman–Crippen MR) is 109 cm³/mol. The number of pyridine rings is 1. The number of aromatic nitrogens is 1. The van der Waals surface area contributed by atoms with Crippen LogP contribution in [-0.4, -0.2) is 41.1 Å². The van der Waals surface area contributed by atoms with Crippen molar-refractivity contribution in [2.75, 3.05) is 19.6 Å². The molecule has 6 nitrogen and oxygen atoms in total. The summed E-state index contributed by atoms with van der Waals surface area (Å²) in [4.78, 5) is 26.3. The Kier molecular flexibility index (Phi) is 5.88. The van der Waals surface area contributed by atoms with Gasteiger partial charge in [-0.15, -0.1) is 0 Å². The number of amides is 1. The Morgan fingerprint density at radius 2 is 1.79 bits per heavy atom. The second-order valence-corrected chi connectivity index (χ2v) is 7.77. The molecule has 2 aliphatic rings. The summed E-state index contributed by atoms with van der Waals surface area (Å²) in [5.41, 5.74) is 8.13. The summed E-state index contributed by atoms with van der Waals surface area (Å²) in [6.07, 6.45) is 4.15. The summed E-state index contributed by atoms with van der Waals surface area (Å²) in [5.74, 6) is 1.17. The van der Waals surface area contributed by atoms with Crippen LogP contribution in [0.5, 0.6) is 0 Å². The molecule has 0 bridgehead atoms. The minimum Gasteiger partial charge on any atom is -0.343 e. The predicted octanol–water partition coefficient (Wildman–Crippen LogP) is 1.74. The molecule has 0 radical (unpaired) electrons. The molecular weight excluding hydrogens is 352 g/mol. The van der Waals surface area contributed by atoms with Gasteiger partial charge in [-0.2, -0.15) is 0 Å². The third-order valence-electron chi connectivity index (χ3n) is 6.12. The van der Waals surface area contributed by atoms with Crippen LogP contribution in [-0.2, 0) is 11.3 Å². The monoisotopic (exact) mass is 380 g/mol. The molecule has 1 aromatic carbocycles. The molecule has 2 unspecified atom stereocenters. The molecule has 0 saturated carbocycles. The summed E-state index contributed by atoms with van der Waals surface area (Å²) < 4.78 is 1.60. The van der Waals surface area contributed by atoms with E-state index in [1.54, 1.807) is 16.8 Å². The van der Waals surface area contributed by atoms with E-state index in [4.69, 9.17) is 0 Å². The van der Waals surface area contributed by atoms with Gasteiger partial charge in [0.2, 0.25) is 5.91 Å². The van der Waals surface area contributed by atoms with Crippen LogP contribution in [0.2, 0.25) is 0 Å². The minimum absolute atomic E-state index is 0.0548. The zero-order valence-electron chi connectivity index (χ0n) is 16.1. The van der Waals surface area contributed by atoms with E-state index in [9.17, 15) is 9.59 Å². The van der Waals surface area contributed by atoms with E-state index in [-0.39, 0.29) is 11.5 Å². The highest BCUT2D eigenvalue weighted by Gasteiger charge is 2.36. The highest BCUT2D eigenvalue weighted by molar-refractivity contribution is 5.76. The SMILES string of the molecule is O=C(CCn1ccccc1=O)N1CCC(C2NNCC2c2ccccc2)CC1. The number of aryl methyl sites for hydroxylation is 1. The molecule has 1 amide bonds. The summed E-state index contributed by atoms with van der Waals surface area (Å²) in [5, 5.41) is 0. The van der Waals surface area contributed by atoms with Crippen molar-refractivity contribution in [1.29, 1.82) is 0 Å². The van der Waals surface area contributed by atoms with E-state index in [1.165, 1.54) is 11.6 Å². The van der Waals surface area contributed by atoms with Crippen LogP contribution >= 0.6 is 0 Å². The molecule has 4 rings (SSSR count). The maximum Gasteiger partial charge on any atom is 0.250 e. The summed E-state index contributed by atoms with van der Waals surface area (Å²) in [6, 6.07) is 16.1. The Balaban J connectivity index is 1.30. The van der Waals surface area contributed by atoms with Crippen molar-refractivity contribution in [2.24, 2.45) is 5.92 Å². The summed E-state index contributed by atoms with van der Waals surface area (Å²) in [7, 11) is 0. The van der Waals surface area contributed by atoms with Crippen molar-refractivity contribution in [3.63, 3.8) is 0 Å². The number of hydrogen-bond donors (Lipinski definition) is 2. The van der Waals surface area contributed by atoms with Crippen molar-refractivity contribution in [2.45, 2.75) is 37.8 Å². The molecule has 2 saturated heterocycles. The first-order valence-corrected chi connectivity index (χ1v) is 10.2. The zero-order chi connectivity index (χ0) is 19.3. The highest BCUT2D eigenvalue weighted by Crippen LogP contribution is 2.32. The number of likely N-dealkylation sites (tertiary alicyclic amines) is 1. The van der Waals surface area contributed by atoms with Gasteiger partial charge in [0, 0.05) is 56.8 Å². The van der Waals surface area contributed by atoms with E-state index in [1.807, 2.05) is 11.0 Å². The molecule has 1 aromatic heterocycles. The van der Waals surface area contributed by atoms with Gasteiger partial charge in [-0.25, -0.2) is 0 Å². The molecule has 2 N–H and O–H groups in total. The lowest BCUT2D eigenvalue weighted by Gasteiger charge is -2.36. The van der Waals surface area contributed by atoms with Crippen molar-refractivity contribution in [1.82, 2.24) is 20.3 Å². The number of hydrogen-bond acceptors (Lipinski definition) is 4. The molecule has 2 aliphatic heterocycles. The number of piperidine rings is 1. The van der Waals surface area contributed by atoms with Crippen molar-refractivity contribution >= 4 is 5.91 Å². The van der Waals surface area contributed by atoms with Crippen LogP contribution in [0.15, 0.2) is 59.5 Å². The molecule has 2 fully saturated rings. The minimum atomic E-state index is -0.0548. The number of rotatable bonds is 5. The Morgan fingerprint density at radius 3 is 2.54 bits per heavy atom. The molecular formula is C22H28N4O2. The van der Waals surface area contributed by atoms with E-state index in [0.29, 0.717) is 30.8 Å². The maximum atomic E-state index is 12.6. The topological polar surface area (TPSA) is 66.4 Å². The van der Waals surface area contributed by atoms with Gasteiger partial charge in [0.15, 0.2) is 0 Å². The number of nitrogens with one attached hydrogen (secondary N) is 2. The number of carbonyl (C=O) groups excluding carboxylic acids is 1. The molecule has 148 valence electrons. The molecule has 3 heterocycles. The third-order valence-corrected chi connectivity index (χ3v) is 6.12. The van der Waals surface area contributed by atoms with Crippen molar-refractivity contribution < 1.29 is 4.79 Å². The molecule has 28 heavy (non-hydrogen) atoms. The lowest BCUT2D eigenvalue weighted by molar-refractivity contribution is -0.133. The van der Waals surface area contributed by atoms with Crippen LogP contribution in [0.4, 0.5) is 0 Å². The van der Waals surface area contributed by atoms with Gasteiger partial charge in [-0.05, 0) is 30.4 Å². The summed E-state index contributed by atoms with van der Waals surface area (Å²) >= 11 is 0. The largest absolute Gasteiger partial charge is 0.343 e. The molecule has 0 aliphatic carbocycles. The van der Waals surface area contributed by atoms with E-state index in [0.717, 1.165) is 32.5 Å². The molecule has 2 aromatic rings. The first kappa shape index (κ1) is 18.9. The van der Waals surface area contributed by atoms with Gasteiger partial charge in [0.1, 0.15) is 0 Å². The Bertz CT molecular complexity index is 843. The average Bonchev–Trinajstić information content (AvgIpc) is 3.24. The van der Waals surface area contributed by atoms with Crippen LogP contribution in [0.3, 0.4) is 0 Å². The van der Waals surface area contributed by atoms with Gasteiger partial charge in [-0.3, -0.25) is 20.4 Å². The Morgan fingerprint density at radius 1 is 1.04 bits per heavy atom. The van der Waals surface area contributed by atoms with Crippen LogP contribution < -0.4 is 16.4 Å². The summed E-state index contributed by atoms with van der Waals surface area (Å²) in [6.45, 7) is 2.99. The first-order valence-electron chi connectivity index (χ1n) is 10.2. The Hall–Kier alpha value is -2.44. The molecule has 2 atom stereocenters. The standard InChI is InChI=1S/C22H28N4O2/c27-20-8-4-5-12-25(20)15-11-21(28)26-13-9-18(10-14-26)22-19(16-23-24-22)17-6-2-1-3-7-17/h1-8,12,18-19,22-24H,9-11,13-16H2. The van der Waals surface area contributed by atoms with E-state index < -0.39 is 0 Å². The second-order valence-electron chi connectivity index (χ2n) is 7.77. The van der Waals surface area contributed by atoms with Crippen LogP contribution in [0, 0.1) is 5.92 Å². The lowest BCUT2D eigenvalue weighted by atomic mass is 9.80.